The van der Waals surface area contributed by atoms with Crippen LogP contribution in [0.3, 0.4) is 0 Å². The predicted octanol–water partition coefficient (Wildman–Crippen LogP) is 4.25. The fourth-order valence-electron chi connectivity index (χ4n) is 6.46. The Morgan fingerprint density at radius 2 is 1.68 bits per heavy atom. The Morgan fingerprint density at radius 1 is 1.04 bits per heavy atom. The first-order valence-electron chi connectivity index (χ1n) is 10.3. The first kappa shape index (κ1) is 15.9. The van der Waals surface area contributed by atoms with Crippen molar-refractivity contribution >= 4 is 11.6 Å². The summed E-state index contributed by atoms with van der Waals surface area (Å²) in [6.07, 6.45) is 10.6. The Kier molecular flexibility index (Phi) is 3.70. The molecule has 2 aliphatic carbocycles. The van der Waals surface area contributed by atoms with Crippen molar-refractivity contribution in [3.63, 3.8) is 0 Å². The zero-order valence-corrected chi connectivity index (χ0v) is 15.4. The second kappa shape index (κ2) is 5.84. The molecule has 1 aromatic carbocycles. The van der Waals surface area contributed by atoms with Crippen LogP contribution in [0.15, 0.2) is 18.2 Å². The van der Waals surface area contributed by atoms with Crippen molar-refractivity contribution in [2.75, 3.05) is 18.4 Å². The topological polar surface area (TPSA) is 32.3 Å². The molecule has 5 rings (SSSR count). The molecule has 1 saturated heterocycles. The average molecular weight is 338 g/mol. The molecule has 0 atom stereocenters. The predicted molar refractivity (Wildman–Crippen MR) is 101 cm³/mol. The molecule has 2 heterocycles. The summed E-state index contributed by atoms with van der Waals surface area (Å²) < 4.78 is 0. The Labute approximate surface area is 151 Å². The molecule has 25 heavy (non-hydrogen) atoms. The third-order valence-corrected chi connectivity index (χ3v) is 7.71. The van der Waals surface area contributed by atoms with Gasteiger partial charge in [0, 0.05) is 11.7 Å². The molecule has 0 radical (unpaired) electrons. The summed E-state index contributed by atoms with van der Waals surface area (Å²) in [6.45, 7) is 4.33. The number of aryl methyl sites for hydroxylation is 1. The summed E-state index contributed by atoms with van der Waals surface area (Å²) in [7, 11) is 0. The molecule has 3 nitrogen and oxygen atoms in total. The molecule has 2 bridgehead atoms. The van der Waals surface area contributed by atoms with Gasteiger partial charge in [-0.05, 0) is 82.0 Å². The summed E-state index contributed by atoms with van der Waals surface area (Å²) in [5, 5.41) is 3.16. The van der Waals surface area contributed by atoms with E-state index in [-0.39, 0.29) is 11.3 Å². The first-order chi connectivity index (χ1) is 12.2. The third kappa shape index (κ3) is 2.38. The highest BCUT2D eigenvalue weighted by Crippen LogP contribution is 2.48. The van der Waals surface area contributed by atoms with Gasteiger partial charge in [-0.2, -0.15) is 0 Å². The van der Waals surface area contributed by atoms with E-state index in [9.17, 15) is 4.79 Å². The van der Waals surface area contributed by atoms with E-state index in [1.54, 1.807) is 0 Å². The van der Waals surface area contributed by atoms with Gasteiger partial charge in [0.2, 0.25) is 5.91 Å². The normalized spacial score (nSPS) is 34.0. The second-order valence-corrected chi connectivity index (χ2v) is 8.99. The molecule has 4 aliphatic rings. The summed E-state index contributed by atoms with van der Waals surface area (Å²) >= 11 is 0. The second-order valence-electron chi connectivity index (χ2n) is 8.99. The van der Waals surface area contributed by atoms with Crippen LogP contribution in [0.1, 0.15) is 62.5 Å². The van der Waals surface area contributed by atoms with Gasteiger partial charge < -0.3 is 5.32 Å². The highest BCUT2D eigenvalue weighted by atomic mass is 16.2. The maximum Gasteiger partial charge on any atom is 0.235 e. The monoisotopic (exact) mass is 338 g/mol. The van der Waals surface area contributed by atoms with E-state index in [4.69, 9.17) is 0 Å². The molecule has 1 N–H and O–H groups in total. The van der Waals surface area contributed by atoms with Gasteiger partial charge in [-0.3, -0.25) is 9.69 Å². The first-order valence-corrected chi connectivity index (χ1v) is 10.3. The van der Waals surface area contributed by atoms with Gasteiger partial charge in [-0.1, -0.05) is 30.5 Å². The van der Waals surface area contributed by atoms with E-state index in [2.05, 4.69) is 35.3 Å². The van der Waals surface area contributed by atoms with Gasteiger partial charge in [-0.25, -0.2) is 0 Å². The van der Waals surface area contributed by atoms with Crippen molar-refractivity contribution in [1.29, 1.82) is 0 Å². The molecule has 134 valence electrons. The van der Waals surface area contributed by atoms with Crippen LogP contribution in [-0.2, 0) is 10.2 Å². The van der Waals surface area contributed by atoms with Crippen molar-refractivity contribution in [1.82, 2.24) is 4.90 Å². The maximum atomic E-state index is 12.9. The summed E-state index contributed by atoms with van der Waals surface area (Å²) in [5.41, 5.74) is 3.32. The quantitative estimate of drug-likeness (QED) is 0.830. The SMILES string of the molecule is Cc1ccc2c(c1)C1(CCN(C3C4CCCC3CCC4)CC1)C(=O)N2. The number of anilines is 1. The number of nitrogens with one attached hydrogen (secondary N) is 1. The Hall–Kier alpha value is -1.35. The van der Waals surface area contributed by atoms with Crippen LogP contribution in [0.2, 0.25) is 0 Å². The van der Waals surface area contributed by atoms with E-state index in [1.165, 1.54) is 49.7 Å². The number of likely N-dealkylation sites (tertiary alicyclic amines) is 1. The van der Waals surface area contributed by atoms with Gasteiger partial charge in [-0.15, -0.1) is 0 Å². The molecule has 0 unspecified atom stereocenters. The van der Waals surface area contributed by atoms with Crippen molar-refractivity contribution in [3.05, 3.63) is 29.3 Å². The number of carbonyl (C=O) groups excluding carboxylic acids is 1. The number of fused-ring (bicyclic) bond motifs is 4. The number of amides is 1. The molecule has 2 saturated carbocycles. The van der Waals surface area contributed by atoms with Gasteiger partial charge in [0.05, 0.1) is 5.41 Å². The fraction of sp³-hybridized carbons (Fsp3) is 0.682. The van der Waals surface area contributed by atoms with E-state index < -0.39 is 0 Å². The largest absolute Gasteiger partial charge is 0.325 e. The highest BCUT2D eigenvalue weighted by Gasteiger charge is 2.50. The van der Waals surface area contributed by atoms with Crippen molar-refractivity contribution < 1.29 is 4.79 Å². The molecule has 2 aliphatic heterocycles. The Bertz CT molecular complexity index is 667. The van der Waals surface area contributed by atoms with E-state index in [0.29, 0.717) is 0 Å². The minimum atomic E-state index is -0.262. The van der Waals surface area contributed by atoms with E-state index >= 15 is 0 Å². The van der Waals surface area contributed by atoms with Crippen molar-refractivity contribution in [2.45, 2.75) is 69.7 Å². The highest BCUT2D eigenvalue weighted by molar-refractivity contribution is 6.06. The van der Waals surface area contributed by atoms with Crippen LogP contribution in [0.25, 0.3) is 0 Å². The van der Waals surface area contributed by atoms with E-state index in [0.717, 1.165) is 49.5 Å². The summed E-state index contributed by atoms with van der Waals surface area (Å²) in [4.78, 5) is 15.6. The molecule has 0 aromatic heterocycles. The number of hydrogen-bond donors (Lipinski definition) is 1. The summed E-state index contributed by atoms with van der Waals surface area (Å²) in [6, 6.07) is 7.26. The van der Waals surface area contributed by atoms with Crippen molar-refractivity contribution in [3.8, 4) is 0 Å². The maximum absolute atomic E-state index is 12.9. The lowest BCUT2D eigenvalue weighted by Gasteiger charge is -2.51. The molecule has 3 heteroatoms. The average Bonchev–Trinajstić information content (AvgIpc) is 2.87. The molecule has 1 amide bonds. The summed E-state index contributed by atoms with van der Waals surface area (Å²) in [5.74, 6) is 2.10. The van der Waals surface area contributed by atoms with Crippen molar-refractivity contribution in [2.24, 2.45) is 11.8 Å². The lowest BCUT2D eigenvalue weighted by atomic mass is 9.66. The number of hydrogen-bond acceptors (Lipinski definition) is 2. The van der Waals surface area contributed by atoms with Gasteiger partial charge in [0.25, 0.3) is 0 Å². The van der Waals surface area contributed by atoms with Gasteiger partial charge >= 0.3 is 0 Å². The zero-order valence-electron chi connectivity index (χ0n) is 15.4. The zero-order chi connectivity index (χ0) is 17.0. The minimum absolute atomic E-state index is 0.247. The molecule has 1 aromatic rings. The molecule has 3 fully saturated rings. The number of carbonyl (C=O) groups is 1. The Balaban J connectivity index is 1.38. The number of piperidine rings is 1. The third-order valence-electron chi connectivity index (χ3n) is 7.71. The van der Waals surface area contributed by atoms with E-state index in [1.807, 2.05) is 0 Å². The standard InChI is InChI=1S/C22H30N2O/c1-15-8-9-19-18(14-15)22(21(25)23-19)10-12-24(13-11-22)20-16-4-2-5-17(20)7-3-6-16/h8-9,14,16-17,20H,2-7,10-13H2,1H3,(H,23,25). The number of rotatable bonds is 1. The lowest BCUT2D eigenvalue weighted by molar-refractivity contribution is -0.123. The van der Waals surface area contributed by atoms with Gasteiger partial charge in [0.15, 0.2) is 0 Å². The van der Waals surface area contributed by atoms with Crippen LogP contribution in [-0.4, -0.2) is 29.9 Å². The van der Waals surface area contributed by atoms with Crippen LogP contribution >= 0.6 is 0 Å². The number of nitrogens with zero attached hydrogens (tertiary/aromatic N) is 1. The Morgan fingerprint density at radius 3 is 2.32 bits per heavy atom. The molecule has 1 spiro atoms. The minimum Gasteiger partial charge on any atom is -0.325 e. The van der Waals surface area contributed by atoms with Gasteiger partial charge in [0.1, 0.15) is 0 Å². The molecular weight excluding hydrogens is 308 g/mol. The lowest BCUT2D eigenvalue weighted by Crippen LogP contribution is -2.55. The van der Waals surface area contributed by atoms with Crippen LogP contribution in [0.5, 0.6) is 0 Å². The van der Waals surface area contributed by atoms with Crippen LogP contribution < -0.4 is 5.32 Å². The van der Waals surface area contributed by atoms with Crippen LogP contribution in [0, 0.1) is 18.8 Å². The molecular formula is C22H30N2O. The smallest absolute Gasteiger partial charge is 0.235 e. The fourth-order valence-corrected chi connectivity index (χ4v) is 6.46. The van der Waals surface area contributed by atoms with Crippen LogP contribution in [0.4, 0.5) is 5.69 Å². The number of benzene rings is 1.